The average Bonchev–Trinajstić information content (AvgIpc) is 2.39. The van der Waals surface area contributed by atoms with Crippen LogP contribution in [0, 0.1) is 0 Å². The molecule has 0 N–H and O–H groups in total. The smallest absolute Gasteiger partial charge is 0.253 e. The number of halogens is 1. The van der Waals surface area contributed by atoms with Crippen molar-refractivity contribution in [3.8, 4) is 5.75 Å². The Balaban J connectivity index is 2.90. The Kier molecular flexibility index (Phi) is 7.06. The number of ether oxygens (including phenoxy) is 1. The first-order valence-electron chi connectivity index (χ1n) is 7.25. The lowest BCUT2D eigenvalue weighted by atomic mass is 10.1. The van der Waals surface area contributed by atoms with E-state index in [1.54, 1.807) is 0 Å². The molecular formula is C16H24BrNO2. The fourth-order valence-electron chi connectivity index (χ4n) is 2.02. The monoisotopic (exact) mass is 341 g/mol. The second kappa shape index (κ2) is 8.30. The van der Waals surface area contributed by atoms with Crippen molar-refractivity contribution in [1.82, 2.24) is 4.90 Å². The molecule has 3 nitrogen and oxygen atoms in total. The summed E-state index contributed by atoms with van der Waals surface area (Å²) >= 11 is 3.48. The number of benzene rings is 1. The predicted molar refractivity (Wildman–Crippen MR) is 86.4 cm³/mol. The average molecular weight is 342 g/mol. The standard InChI is InChI=1S/C16H24BrNO2/c1-5-9-18(10-6-2)16(19)13-7-8-15(14(17)11-13)20-12(3)4/h7-8,11-12H,5-6,9-10H2,1-4H3. The lowest BCUT2D eigenvalue weighted by Crippen LogP contribution is -2.32. The molecular weight excluding hydrogens is 318 g/mol. The molecule has 20 heavy (non-hydrogen) atoms. The molecule has 0 aliphatic carbocycles. The van der Waals surface area contributed by atoms with Crippen LogP contribution in [0.2, 0.25) is 0 Å². The minimum atomic E-state index is 0.0884. The number of nitrogens with zero attached hydrogens (tertiary/aromatic N) is 1. The normalized spacial score (nSPS) is 10.7. The Bertz CT molecular complexity index is 440. The highest BCUT2D eigenvalue weighted by atomic mass is 79.9. The molecule has 0 unspecified atom stereocenters. The third kappa shape index (κ3) is 4.82. The molecule has 0 spiro atoms. The van der Waals surface area contributed by atoms with Crippen LogP contribution in [0.4, 0.5) is 0 Å². The summed E-state index contributed by atoms with van der Waals surface area (Å²) < 4.78 is 6.49. The third-order valence-electron chi connectivity index (χ3n) is 2.82. The second-order valence-corrected chi connectivity index (χ2v) is 5.96. The van der Waals surface area contributed by atoms with Gasteiger partial charge in [-0.1, -0.05) is 13.8 Å². The first kappa shape index (κ1) is 17.0. The van der Waals surface area contributed by atoms with Gasteiger partial charge in [-0.2, -0.15) is 0 Å². The van der Waals surface area contributed by atoms with E-state index in [4.69, 9.17) is 4.74 Å². The largest absolute Gasteiger partial charge is 0.490 e. The van der Waals surface area contributed by atoms with Crippen molar-refractivity contribution < 1.29 is 9.53 Å². The van der Waals surface area contributed by atoms with Crippen molar-refractivity contribution in [2.45, 2.75) is 46.6 Å². The first-order chi connectivity index (χ1) is 9.49. The summed E-state index contributed by atoms with van der Waals surface area (Å²) in [5.74, 6) is 0.861. The van der Waals surface area contributed by atoms with Crippen molar-refractivity contribution in [3.63, 3.8) is 0 Å². The molecule has 0 radical (unpaired) electrons. The van der Waals surface area contributed by atoms with Gasteiger partial charge in [0.1, 0.15) is 5.75 Å². The number of hydrogen-bond donors (Lipinski definition) is 0. The van der Waals surface area contributed by atoms with Crippen LogP contribution in [0.3, 0.4) is 0 Å². The summed E-state index contributed by atoms with van der Waals surface area (Å²) in [6, 6.07) is 5.54. The molecule has 4 heteroatoms. The van der Waals surface area contributed by atoms with Crippen LogP contribution in [0.15, 0.2) is 22.7 Å². The van der Waals surface area contributed by atoms with E-state index in [-0.39, 0.29) is 12.0 Å². The molecule has 0 saturated heterocycles. The molecule has 0 heterocycles. The van der Waals surface area contributed by atoms with E-state index in [0.29, 0.717) is 5.56 Å². The lowest BCUT2D eigenvalue weighted by Gasteiger charge is -2.22. The summed E-state index contributed by atoms with van der Waals surface area (Å²) in [6.45, 7) is 9.74. The summed E-state index contributed by atoms with van der Waals surface area (Å²) in [4.78, 5) is 14.4. The van der Waals surface area contributed by atoms with Crippen LogP contribution in [-0.2, 0) is 0 Å². The van der Waals surface area contributed by atoms with E-state index < -0.39 is 0 Å². The SMILES string of the molecule is CCCN(CCC)C(=O)c1ccc(OC(C)C)c(Br)c1. The van der Waals surface area contributed by atoms with E-state index in [2.05, 4.69) is 29.8 Å². The number of amides is 1. The third-order valence-corrected chi connectivity index (χ3v) is 3.44. The zero-order chi connectivity index (χ0) is 15.1. The van der Waals surface area contributed by atoms with Crippen LogP contribution in [0.5, 0.6) is 5.75 Å². The molecule has 0 bridgehead atoms. The Morgan fingerprint density at radius 3 is 2.30 bits per heavy atom. The first-order valence-corrected chi connectivity index (χ1v) is 8.04. The molecule has 0 aliphatic heterocycles. The van der Waals surface area contributed by atoms with E-state index in [9.17, 15) is 4.79 Å². The van der Waals surface area contributed by atoms with Crippen molar-refractivity contribution >= 4 is 21.8 Å². The fraction of sp³-hybridized carbons (Fsp3) is 0.562. The number of rotatable bonds is 7. The molecule has 0 atom stereocenters. The van der Waals surface area contributed by atoms with Crippen molar-refractivity contribution in [2.24, 2.45) is 0 Å². The van der Waals surface area contributed by atoms with Crippen LogP contribution < -0.4 is 4.74 Å². The number of hydrogen-bond acceptors (Lipinski definition) is 2. The highest BCUT2D eigenvalue weighted by Crippen LogP contribution is 2.27. The molecule has 0 aliphatic rings. The van der Waals surface area contributed by atoms with Gasteiger partial charge in [-0.25, -0.2) is 0 Å². The van der Waals surface area contributed by atoms with Gasteiger partial charge in [0, 0.05) is 18.7 Å². The molecule has 0 fully saturated rings. The predicted octanol–water partition coefficient (Wildman–Crippen LogP) is 4.50. The van der Waals surface area contributed by atoms with Gasteiger partial charge in [0.25, 0.3) is 5.91 Å². The lowest BCUT2D eigenvalue weighted by molar-refractivity contribution is 0.0755. The molecule has 0 saturated carbocycles. The summed E-state index contributed by atoms with van der Waals surface area (Å²) in [6.07, 6.45) is 2.06. The van der Waals surface area contributed by atoms with Crippen LogP contribution in [0.1, 0.15) is 50.9 Å². The second-order valence-electron chi connectivity index (χ2n) is 5.10. The van der Waals surface area contributed by atoms with E-state index >= 15 is 0 Å². The Morgan fingerprint density at radius 1 is 1.25 bits per heavy atom. The minimum absolute atomic E-state index is 0.0884. The molecule has 0 aromatic heterocycles. The van der Waals surface area contributed by atoms with Crippen LogP contribution in [0.25, 0.3) is 0 Å². The number of carbonyl (C=O) groups is 1. The minimum Gasteiger partial charge on any atom is -0.490 e. The summed E-state index contributed by atoms with van der Waals surface area (Å²) in [5.41, 5.74) is 0.704. The van der Waals surface area contributed by atoms with Gasteiger partial charge in [-0.05, 0) is 60.8 Å². The molecule has 1 aromatic carbocycles. The van der Waals surface area contributed by atoms with Crippen molar-refractivity contribution in [2.75, 3.05) is 13.1 Å². The van der Waals surface area contributed by atoms with Crippen molar-refractivity contribution in [1.29, 1.82) is 0 Å². The van der Waals surface area contributed by atoms with Crippen molar-refractivity contribution in [3.05, 3.63) is 28.2 Å². The van der Waals surface area contributed by atoms with Gasteiger partial charge in [0.05, 0.1) is 10.6 Å². The van der Waals surface area contributed by atoms with Gasteiger partial charge in [0.15, 0.2) is 0 Å². The topological polar surface area (TPSA) is 29.5 Å². The van der Waals surface area contributed by atoms with Crippen LogP contribution >= 0.6 is 15.9 Å². The highest BCUT2D eigenvalue weighted by Gasteiger charge is 2.16. The maximum absolute atomic E-state index is 12.5. The zero-order valence-electron chi connectivity index (χ0n) is 12.8. The Labute approximate surface area is 130 Å². The molecule has 1 aromatic rings. The zero-order valence-corrected chi connectivity index (χ0v) is 14.4. The summed E-state index contributed by atoms with van der Waals surface area (Å²) in [5, 5.41) is 0. The Hall–Kier alpha value is -1.03. The van der Waals surface area contributed by atoms with E-state index in [0.717, 1.165) is 36.2 Å². The molecule has 1 rings (SSSR count). The maximum atomic E-state index is 12.5. The van der Waals surface area contributed by atoms with E-state index in [1.165, 1.54) is 0 Å². The molecule has 112 valence electrons. The van der Waals surface area contributed by atoms with Gasteiger partial charge >= 0.3 is 0 Å². The fourth-order valence-corrected chi connectivity index (χ4v) is 2.49. The summed E-state index contributed by atoms with van der Waals surface area (Å²) in [7, 11) is 0. The van der Waals surface area contributed by atoms with E-state index in [1.807, 2.05) is 36.9 Å². The number of carbonyl (C=O) groups excluding carboxylic acids is 1. The quantitative estimate of drug-likeness (QED) is 0.730. The highest BCUT2D eigenvalue weighted by molar-refractivity contribution is 9.10. The van der Waals surface area contributed by atoms with Gasteiger partial charge < -0.3 is 9.64 Å². The van der Waals surface area contributed by atoms with Gasteiger partial charge in [-0.3, -0.25) is 4.79 Å². The maximum Gasteiger partial charge on any atom is 0.253 e. The van der Waals surface area contributed by atoms with Crippen LogP contribution in [-0.4, -0.2) is 30.0 Å². The van der Waals surface area contributed by atoms with Gasteiger partial charge in [-0.15, -0.1) is 0 Å². The Morgan fingerprint density at radius 2 is 1.85 bits per heavy atom. The molecule has 1 amide bonds. The van der Waals surface area contributed by atoms with Gasteiger partial charge in [0.2, 0.25) is 0 Å².